The molecule has 1 aromatic carbocycles. The zero-order valence-electron chi connectivity index (χ0n) is 9.87. The highest BCUT2D eigenvalue weighted by Gasteiger charge is 2.76. The molecule has 3 atom stereocenters. The number of hydrogen-bond donors (Lipinski definition) is 1. The number of carboxylic acids is 1. The summed E-state index contributed by atoms with van der Waals surface area (Å²) >= 11 is 5.81. The van der Waals surface area contributed by atoms with Crippen molar-refractivity contribution >= 4 is 27.4 Å². The zero-order valence-corrected chi connectivity index (χ0v) is 11.4. The Hall–Kier alpha value is -1.58. The van der Waals surface area contributed by atoms with Crippen molar-refractivity contribution in [1.82, 2.24) is 0 Å². The fraction of sp³-hybridized carbons (Fsp3) is 0.333. The summed E-state index contributed by atoms with van der Waals surface area (Å²) in [6.45, 7) is 0. The molecule has 0 unspecified atom stereocenters. The molecule has 1 aliphatic rings. The third kappa shape index (κ3) is 1.99. The van der Waals surface area contributed by atoms with Crippen molar-refractivity contribution in [2.75, 3.05) is 6.26 Å². The highest BCUT2D eigenvalue weighted by Crippen LogP contribution is 2.62. The van der Waals surface area contributed by atoms with Gasteiger partial charge in [-0.05, 0) is 17.7 Å². The van der Waals surface area contributed by atoms with Crippen LogP contribution in [0.15, 0.2) is 24.3 Å². The van der Waals surface area contributed by atoms with Crippen molar-refractivity contribution in [2.45, 2.75) is 11.2 Å². The van der Waals surface area contributed by atoms with Gasteiger partial charge in [0, 0.05) is 17.2 Å². The smallest absolute Gasteiger partial charge is 0.326 e. The van der Waals surface area contributed by atoms with E-state index in [4.69, 9.17) is 16.9 Å². The van der Waals surface area contributed by atoms with Crippen molar-refractivity contribution < 1.29 is 18.3 Å². The maximum Gasteiger partial charge on any atom is 0.326 e. The van der Waals surface area contributed by atoms with Crippen LogP contribution >= 0.6 is 11.6 Å². The number of rotatable bonds is 3. The number of aliphatic carboxylic acids is 1. The standard InChI is InChI=1S/C12H10ClNO4S/c1-19(17,18)10-9(12(10,6-14)11(15)16)7-3-2-4-8(13)5-7/h2-5,9-10H,1H3,(H,15,16)/t9-,10+,12-/m1/s1. The molecule has 0 bridgehead atoms. The SMILES string of the molecule is CS(=O)(=O)[C@H]1[C@@H](c2cccc(Cl)c2)[C@@]1(C#N)C(=O)O. The highest BCUT2D eigenvalue weighted by atomic mass is 35.5. The Bertz CT molecular complexity index is 694. The van der Waals surface area contributed by atoms with Gasteiger partial charge in [-0.2, -0.15) is 5.26 Å². The normalized spacial score (nSPS) is 29.5. The average molecular weight is 300 g/mol. The molecule has 0 saturated heterocycles. The molecule has 19 heavy (non-hydrogen) atoms. The predicted octanol–water partition coefficient (Wildman–Crippen LogP) is 1.44. The Balaban J connectivity index is 2.58. The van der Waals surface area contributed by atoms with Crippen LogP contribution in [0, 0.1) is 16.7 Å². The van der Waals surface area contributed by atoms with Gasteiger partial charge in [-0.1, -0.05) is 23.7 Å². The van der Waals surface area contributed by atoms with E-state index in [9.17, 15) is 18.3 Å². The lowest BCUT2D eigenvalue weighted by Gasteiger charge is -2.02. The van der Waals surface area contributed by atoms with Gasteiger partial charge >= 0.3 is 5.97 Å². The summed E-state index contributed by atoms with van der Waals surface area (Å²) < 4.78 is 23.4. The molecule has 7 heteroatoms. The minimum atomic E-state index is -3.65. The largest absolute Gasteiger partial charge is 0.480 e. The molecule has 1 saturated carbocycles. The van der Waals surface area contributed by atoms with E-state index in [0.717, 1.165) is 6.26 Å². The van der Waals surface area contributed by atoms with Crippen LogP contribution in [0.5, 0.6) is 0 Å². The maximum absolute atomic E-state index is 11.7. The van der Waals surface area contributed by atoms with Crippen LogP contribution in [-0.2, 0) is 14.6 Å². The van der Waals surface area contributed by atoms with Crippen LogP contribution < -0.4 is 0 Å². The van der Waals surface area contributed by atoms with Crippen molar-refractivity contribution in [3.8, 4) is 6.07 Å². The van der Waals surface area contributed by atoms with Gasteiger partial charge in [-0.15, -0.1) is 0 Å². The van der Waals surface area contributed by atoms with Gasteiger partial charge in [0.15, 0.2) is 15.3 Å². The Morgan fingerprint density at radius 2 is 2.16 bits per heavy atom. The lowest BCUT2D eigenvalue weighted by atomic mass is 10.0. The minimum Gasteiger partial charge on any atom is -0.480 e. The number of hydrogen-bond acceptors (Lipinski definition) is 4. The van der Waals surface area contributed by atoms with E-state index in [-0.39, 0.29) is 0 Å². The van der Waals surface area contributed by atoms with Gasteiger partial charge in [0.1, 0.15) is 5.25 Å². The van der Waals surface area contributed by atoms with Crippen molar-refractivity contribution in [1.29, 1.82) is 5.26 Å². The fourth-order valence-corrected chi connectivity index (χ4v) is 4.48. The van der Waals surface area contributed by atoms with E-state index in [2.05, 4.69) is 0 Å². The summed E-state index contributed by atoms with van der Waals surface area (Å²) in [5, 5.41) is 17.5. The molecular weight excluding hydrogens is 290 g/mol. The van der Waals surface area contributed by atoms with Crippen molar-refractivity contribution in [3.63, 3.8) is 0 Å². The summed E-state index contributed by atoms with van der Waals surface area (Å²) in [7, 11) is -3.65. The molecule has 0 aliphatic heterocycles. The lowest BCUT2D eigenvalue weighted by molar-refractivity contribution is -0.141. The van der Waals surface area contributed by atoms with Crippen LogP contribution in [0.3, 0.4) is 0 Å². The fourth-order valence-electron chi connectivity index (χ4n) is 2.51. The highest BCUT2D eigenvalue weighted by molar-refractivity contribution is 7.91. The average Bonchev–Trinajstić information content (AvgIpc) is 2.99. The Labute approximate surface area is 115 Å². The minimum absolute atomic E-state index is 0.369. The quantitative estimate of drug-likeness (QED) is 0.911. The summed E-state index contributed by atoms with van der Waals surface area (Å²) in [6.07, 6.45) is 0.942. The molecule has 1 aromatic rings. The molecule has 1 aliphatic carbocycles. The second kappa shape index (κ2) is 4.22. The molecule has 0 amide bonds. The van der Waals surface area contributed by atoms with Crippen molar-refractivity contribution in [2.24, 2.45) is 5.41 Å². The van der Waals surface area contributed by atoms with Gasteiger partial charge in [0.05, 0.1) is 6.07 Å². The molecule has 1 fully saturated rings. The van der Waals surface area contributed by atoms with E-state index < -0.39 is 32.4 Å². The summed E-state index contributed by atoms with van der Waals surface area (Å²) in [4.78, 5) is 11.3. The number of benzene rings is 1. The second-order valence-corrected chi connectivity index (χ2v) is 7.17. The topological polar surface area (TPSA) is 95.2 Å². The van der Waals surface area contributed by atoms with Crippen LogP contribution in [0.25, 0.3) is 0 Å². The molecule has 0 spiro atoms. The van der Waals surface area contributed by atoms with E-state index in [0.29, 0.717) is 10.6 Å². The van der Waals surface area contributed by atoms with E-state index in [1.807, 2.05) is 0 Å². The lowest BCUT2D eigenvalue weighted by Crippen LogP contribution is -2.21. The number of carbonyl (C=O) groups is 1. The van der Waals surface area contributed by atoms with E-state index >= 15 is 0 Å². The number of nitriles is 1. The number of carboxylic acid groups (broad SMARTS) is 1. The molecule has 5 nitrogen and oxygen atoms in total. The monoisotopic (exact) mass is 299 g/mol. The Morgan fingerprint density at radius 3 is 2.53 bits per heavy atom. The Kier molecular flexibility index (Phi) is 3.07. The molecule has 0 radical (unpaired) electrons. The van der Waals surface area contributed by atoms with Gasteiger partial charge in [0.2, 0.25) is 0 Å². The predicted molar refractivity (Wildman–Crippen MR) is 68.5 cm³/mol. The molecule has 1 N–H and O–H groups in total. The van der Waals surface area contributed by atoms with Crippen LogP contribution in [0.2, 0.25) is 5.02 Å². The third-order valence-corrected chi connectivity index (χ3v) is 5.14. The first-order valence-corrected chi connectivity index (χ1v) is 7.67. The van der Waals surface area contributed by atoms with Crippen LogP contribution in [0.4, 0.5) is 0 Å². The van der Waals surface area contributed by atoms with Gasteiger partial charge in [-0.3, -0.25) is 4.79 Å². The third-order valence-electron chi connectivity index (χ3n) is 3.34. The number of nitrogens with zero attached hydrogens (tertiary/aromatic N) is 1. The molecule has 2 rings (SSSR count). The molecular formula is C12H10ClNO4S. The first-order valence-electron chi connectivity index (χ1n) is 5.34. The summed E-state index contributed by atoms with van der Waals surface area (Å²) in [5.74, 6) is -2.31. The first-order chi connectivity index (χ1) is 8.75. The summed E-state index contributed by atoms with van der Waals surface area (Å²) in [6, 6.07) is 7.92. The Morgan fingerprint density at radius 1 is 1.53 bits per heavy atom. The van der Waals surface area contributed by atoms with Gasteiger partial charge < -0.3 is 5.11 Å². The van der Waals surface area contributed by atoms with E-state index in [1.54, 1.807) is 24.3 Å². The molecule has 100 valence electrons. The van der Waals surface area contributed by atoms with E-state index in [1.165, 1.54) is 6.07 Å². The van der Waals surface area contributed by atoms with Crippen molar-refractivity contribution in [3.05, 3.63) is 34.9 Å². The number of halogens is 1. The number of sulfone groups is 1. The van der Waals surface area contributed by atoms with Crippen LogP contribution in [0.1, 0.15) is 11.5 Å². The molecule has 0 aromatic heterocycles. The second-order valence-electron chi connectivity index (χ2n) is 4.57. The van der Waals surface area contributed by atoms with Crippen LogP contribution in [-0.4, -0.2) is 31.0 Å². The maximum atomic E-state index is 11.7. The van der Waals surface area contributed by atoms with Gasteiger partial charge in [-0.25, -0.2) is 8.42 Å². The zero-order chi connectivity index (χ0) is 14.4. The van der Waals surface area contributed by atoms with Gasteiger partial charge in [0.25, 0.3) is 0 Å². The summed E-state index contributed by atoms with van der Waals surface area (Å²) in [5.41, 5.74) is -1.47. The first kappa shape index (κ1) is 13.8. The molecule has 0 heterocycles.